The highest BCUT2D eigenvalue weighted by Crippen LogP contribution is 2.13. The Bertz CT molecular complexity index is 592. The van der Waals surface area contributed by atoms with Gasteiger partial charge in [0.25, 0.3) is 0 Å². The van der Waals surface area contributed by atoms with Crippen molar-refractivity contribution in [1.82, 2.24) is 0 Å². The number of aliphatic hydroxyl groups excluding tert-OH is 1. The number of aryl methyl sites for hydroxylation is 1. The number of rotatable bonds is 4. The van der Waals surface area contributed by atoms with Crippen LogP contribution < -0.4 is 0 Å². The summed E-state index contributed by atoms with van der Waals surface area (Å²) in [4.78, 5) is 11.0. The summed E-state index contributed by atoms with van der Waals surface area (Å²) >= 11 is 0. The first-order valence-electron chi connectivity index (χ1n) is 5.78. The average Bonchev–Trinajstić information content (AvgIpc) is 2.39. The van der Waals surface area contributed by atoms with E-state index in [4.69, 9.17) is 10.4 Å². The highest BCUT2D eigenvalue weighted by Gasteiger charge is 2.11. The fourth-order valence-electron chi connectivity index (χ4n) is 1.59. The predicted molar refractivity (Wildman–Crippen MR) is 71.7 cm³/mol. The van der Waals surface area contributed by atoms with Crippen LogP contribution in [0.2, 0.25) is 0 Å². The zero-order valence-electron chi connectivity index (χ0n) is 10.8. The number of hydrogen-bond donors (Lipinski definition) is 2. The summed E-state index contributed by atoms with van der Waals surface area (Å²) in [6.45, 7) is 3.40. The second-order valence-electron chi connectivity index (χ2n) is 4.06. The molecule has 0 aliphatic heterocycles. The number of nitriles is 1. The van der Waals surface area contributed by atoms with Gasteiger partial charge in [0.05, 0.1) is 17.2 Å². The molecule has 0 atom stereocenters. The molecule has 0 heterocycles. The minimum atomic E-state index is -1.18. The van der Waals surface area contributed by atoms with E-state index in [1.54, 1.807) is 13.0 Å². The Balaban J connectivity index is 3.03. The average molecular weight is 257 g/mol. The van der Waals surface area contributed by atoms with E-state index in [2.05, 4.69) is 6.07 Å². The first kappa shape index (κ1) is 14.5. The Morgan fingerprint density at radius 3 is 2.63 bits per heavy atom. The molecule has 0 spiro atoms. The van der Waals surface area contributed by atoms with Gasteiger partial charge in [-0.1, -0.05) is 18.2 Å². The van der Waals surface area contributed by atoms with Gasteiger partial charge in [-0.2, -0.15) is 5.26 Å². The van der Waals surface area contributed by atoms with E-state index in [0.29, 0.717) is 12.0 Å². The monoisotopic (exact) mass is 257 g/mol. The maximum Gasteiger partial charge on any atom is 0.339 e. The van der Waals surface area contributed by atoms with E-state index in [1.165, 1.54) is 12.2 Å². The zero-order chi connectivity index (χ0) is 14.4. The molecule has 4 nitrogen and oxygen atoms in total. The van der Waals surface area contributed by atoms with Gasteiger partial charge in [-0.3, -0.25) is 0 Å². The Kier molecular flexibility index (Phi) is 4.90. The van der Waals surface area contributed by atoms with E-state index in [9.17, 15) is 9.90 Å². The molecule has 0 aliphatic carbocycles. The molecule has 1 rings (SSSR count). The standard InChI is InChI=1S/C15H15NO3/c1-3-14(17)13(15(18)19)7-6-11-5-4-10(2)12(8-11)9-16/h3-5,7-8,17H,6H2,1-2H3,(H,18,19)/b13-7+,14-3+. The van der Waals surface area contributed by atoms with Crippen molar-refractivity contribution < 1.29 is 15.0 Å². The van der Waals surface area contributed by atoms with Crippen LogP contribution >= 0.6 is 0 Å². The van der Waals surface area contributed by atoms with Crippen LogP contribution in [0, 0.1) is 18.3 Å². The minimum absolute atomic E-state index is 0.137. The molecule has 0 unspecified atom stereocenters. The van der Waals surface area contributed by atoms with Crippen molar-refractivity contribution in [1.29, 1.82) is 5.26 Å². The highest BCUT2D eigenvalue weighted by molar-refractivity contribution is 5.90. The first-order valence-corrected chi connectivity index (χ1v) is 5.78. The topological polar surface area (TPSA) is 81.3 Å². The van der Waals surface area contributed by atoms with Crippen molar-refractivity contribution in [2.45, 2.75) is 20.3 Å². The summed E-state index contributed by atoms with van der Waals surface area (Å²) in [7, 11) is 0. The molecule has 98 valence electrons. The van der Waals surface area contributed by atoms with Gasteiger partial charge < -0.3 is 10.2 Å². The van der Waals surface area contributed by atoms with Crippen LogP contribution in [0.3, 0.4) is 0 Å². The number of nitrogens with zero attached hydrogens (tertiary/aromatic N) is 1. The quantitative estimate of drug-likeness (QED) is 0.493. The number of carboxylic acids is 1. The lowest BCUT2D eigenvalue weighted by atomic mass is 10.0. The lowest BCUT2D eigenvalue weighted by Gasteiger charge is -2.03. The maximum absolute atomic E-state index is 11.0. The number of aliphatic hydroxyl groups is 1. The summed E-state index contributed by atoms with van der Waals surface area (Å²) in [5.74, 6) is -1.44. The van der Waals surface area contributed by atoms with Gasteiger partial charge in [0.15, 0.2) is 0 Å². The molecular weight excluding hydrogens is 242 g/mol. The largest absolute Gasteiger partial charge is 0.507 e. The molecule has 0 fully saturated rings. The molecule has 1 aromatic carbocycles. The van der Waals surface area contributed by atoms with Crippen LogP contribution in [0.15, 0.2) is 41.7 Å². The van der Waals surface area contributed by atoms with Crippen molar-refractivity contribution in [3.05, 3.63) is 58.4 Å². The molecule has 0 amide bonds. The van der Waals surface area contributed by atoms with Gasteiger partial charge in [0.1, 0.15) is 5.76 Å². The normalized spacial score (nSPS) is 12.1. The third-order valence-electron chi connectivity index (χ3n) is 2.74. The van der Waals surface area contributed by atoms with Crippen molar-refractivity contribution in [3.63, 3.8) is 0 Å². The Labute approximate surface area is 111 Å². The second-order valence-corrected chi connectivity index (χ2v) is 4.06. The molecule has 0 radical (unpaired) electrons. The molecule has 0 bridgehead atoms. The van der Waals surface area contributed by atoms with Crippen LogP contribution in [0.5, 0.6) is 0 Å². The molecule has 0 saturated carbocycles. The molecule has 0 aromatic heterocycles. The lowest BCUT2D eigenvalue weighted by Crippen LogP contribution is -2.04. The van der Waals surface area contributed by atoms with E-state index in [-0.39, 0.29) is 11.3 Å². The maximum atomic E-state index is 11.0. The minimum Gasteiger partial charge on any atom is -0.507 e. The van der Waals surface area contributed by atoms with Gasteiger partial charge in [-0.25, -0.2) is 4.79 Å². The van der Waals surface area contributed by atoms with Gasteiger partial charge in [-0.05, 0) is 43.5 Å². The Morgan fingerprint density at radius 1 is 1.42 bits per heavy atom. The first-order chi connectivity index (χ1) is 8.99. The van der Waals surface area contributed by atoms with Gasteiger partial charge in [0, 0.05) is 0 Å². The zero-order valence-corrected chi connectivity index (χ0v) is 10.8. The second kappa shape index (κ2) is 6.41. The van der Waals surface area contributed by atoms with Crippen LogP contribution in [0.1, 0.15) is 23.6 Å². The van der Waals surface area contributed by atoms with Gasteiger partial charge in [0.2, 0.25) is 0 Å². The number of hydrogen-bond acceptors (Lipinski definition) is 3. The van der Waals surface area contributed by atoms with E-state index >= 15 is 0 Å². The van der Waals surface area contributed by atoms with Gasteiger partial charge >= 0.3 is 5.97 Å². The predicted octanol–water partition coefficient (Wildman–Crippen LogP) is 2.88. The van der Waals surface area contributed by atoms with Crippen molar-refractivity contribution in [3.8, 4) is 6.07 Å². The van der Waals surface area contributed by atoms with E-state index < -0.39 is 5.97 Å². The van der Waals surface area contributed by atoms with Crippen LogP contribution in [-0.4, -0.2) is 16.2 Å². The summed E-state index contributed by atoms with van der Waals surface area (Å²) in [5, 5.41) is 27.4. The van der Waals surface area contributed by atoms with Crippen LogP contribution in [-0.2, 0) is 11.2 Å². The molecule has 4 heteroatoms. The molecule has 1 aromatic rings. The van der Waals surface area contributed by atoms with Crippen molar-refractivity contribution in [2.75, 3.05) is 0 Å². The lowest BCUT2D eigenvalue weighted by molar-refractivity contribution is -0.132. The fourth-order valence-corrected chi connectivity index (χ4v) is 1.59. The summed E-state index contributed by atoms with van der Waals surface area (Å²) in [6.07, 6.45) is 3.10. The Hall–Kier alpha value is -2.54. The van der Waals surface area contributed by atoms with Crippen molar-refractivity contribution in [2.24, 2.45) is 0 Å². The molecule has 19 heavy (non-hydrogen) atoms. The third kappa shape index (κ3) is 3.71. The molecular formula is C15H15NO3. The van der Waals surface area contributed by atoms with Crippen LogP contribution in [0.4, 0.5) is 0 Å². The summed E-state index contributed by atoms with van der Waals surface area (Å²) in [5.41, 5.74) is 2.13. The van der Waals surface area contributed by atoms with Gasteiger partial charge in [-0.15, -0.1) is 0 Å². The number of carbonyl (C=O) groups is 1. The molecule has 0 aliphatic rings. The van der Waals surface area contributed by atoms with E-state index in [1.807, 2.05) is 19.1 Å². The summed E-state index contributed by atoms with van der Waals surface area (Å²) in [6, 6.07) is 7.45. The number of benzene rings is 1. The van der Waals surface area contributed by atoms with Crippen molar-refractivity contribution >= 4 is 5.97 Å². The van der Waals surface area contributed by atoms with Crippen LogP contribution in [0.25, 0.3) is 0 Å². The highest BCUT2D eigenvalue weighted by atomic mass is 16.4. The smallest absolute Gasteiger partial charge is 0.339 e. The SMILES string of the molecule is C/C=C(O)\C(=C/Cc1ccc(C)c(C#N)c1)C(=O)O. The fraction of sp³-hybridized carbons (Fsp3) is 0.200. The number of aliphatic carboxylic acids is 1. The molecule has 2 N–H and O–H groups in total. The number of carboxylic acid groups (broad SMARTS) is 1. The summed E-state index contributed by atoms with van der Waals surface area (Å²) < 4.78 is 0. The molecule has 0 saturated heterocycles. The van der Waals surface area contributed by atoms with E-state index in [0.717, 1.165) is 11.1 Å². The number of allylic oxidation sites excluding steroid dienone is 2. The Morgan fingerprint density at radius 2 is 2.11 bits per heavy atom. The third-order valence-corrected chi connectivity index (χ3v) is 2.74.